The highest BCUT2D eigenvalue weighted by Gasteiger charge is 2.26. The summed E-state index contributed by atoms with van der Waals surface area (Å²) in [6.07, 6.45) is 2.59. The van der Waals surface area contributed by atoms with Gasteiger partial charge >= 0.3 is 7.12 Å². The molecule has 2 heterocycles. The van der Waals surface area contributed by atoms with Crippen LogP contribution in [0.4, 0.5) is 0 Å². The van der Waals surface area contributed by atoms with Crippen LogP contribution in [0.1, 0.15) is 6.42 Å². The average Bonchev–Trinajstić information content (AvgIpc) is 2.58. The molecule has 0 radical (unpaired) electrons. The molecule has 0 amide bonds. The molecular formula is C7H9BO3. The fraction of sp³-hybridized carbons (Fsp3) is 0.429. The first-order valence-corrected chi connectivity index (χ1v) is 3.73. The summed E-state index contributed by atoms with van der Waals surface area (Å²) >= 11 is 0. The molecule has 0 N–H and O–H groups in total. The second-order valence-corrected chi connectivity index (χ2v) is 2.44. The van der Waals surface area contributed by atoms with Crippen LogP contribution in [-0.2, 0) is 9.31 Å². The van der Waals surface area contributed by atoms with Crippen molar-refractivity contribution in [2.75, 3.05) is 13.2 Å². The van der Waals surface area contributed by atoms with Crippen molar-refractivity contribution in [3.63, 3.8) is 0 Å². The maximum Gasteiger partial charge on any atom is 0.531 e. The lowest BCUT2D eigenvalue weighted by molar-refractivity contribution is 0.140. The molecule has 1 aliphatic heterocycles. The third kappa shape index (κ3) is 1.47. The van der Waals surface area contributed by atoms with E-state index in [0.717, 1.165) is 25.3 Å². The summed E-state index contributed by atoms with van der Waals surface area (Å²) in [5.74, 6) is 0. The Hall–Kier alpha value is -0.735. The molecule has 0 saturated carbocycles. The molecule has 0 atom stereocenters. The van der Waals surface area contributed by atoms with E-state index < -0.39 is 0 Å². The first-order valence-electron chi connectivity index (χ1n) is 3.73. The van der Waals surface area contributed by atoms with Crippen molar-refractivity contribution in [2.24, 2.45) is 0 Å². The van der Waals surface area contributed by atoms with Gasteiger partial charge in [-0.25, -0.2) is 0 Å². The molecule has 11 heavy (non-hydrogen) atoms. The first-order chi connectivity index (χ1) is 5.47. The van der Waals surface area contributed by atoms with E-state index in [9.17, 15) is 0 Å². The van der Waals surface area contributed by atoms with Crippen molar-refractivity contribution in [1.29, 1.82) is 0 Å². The number of hydrogen-bond donors (Lipinski definition) is 0. The number of rotatable bonds is 1. The van der Waals surface area contributed by atoms with Gasteiger partial charge in [-0.15, -0.1) is 0 Å². The molecule has 1 saturated heterocycles. The molecule has 2 rings (SSSR count). The Balaban J connectivity index is 2.04. The van der Waals surface area contributed by atoms with Crippen molar-refractivity contribution in [2.45, 2.75) is 6.42 Å². The summed E-state index contributed by atoms with van der Waals surface area (Å²) in [6.45, 7) is 1.51. The van der Waals surface area contributed by atoms with Crippen molar-refractivity contribution in [3.05, 3.63) is 18.4 Å². The monoisotopic (exact) mass is 152 g/mol. The predicted octanol–water partition coefficient (Wildman–Crippen LogP) is 0.412. The fourth-order valence-corrected chi connectivity index (χ4v) is 1.08. The summed E-state index contributed by atoms with van der Waals surface area (Å²) in [5.41, 5.74) is 0.754. The summed E-state index contributed by atoms with van der Waals surface area (Å²) < 4.78 is 15.7. The molecule has 0 aromatic carbocycles. The quantitative estimate of drug-likeness (QED) is 0.546. The van der Waals surface area contributed by atoms with Crippen LogP contribution in [0.2, 0.25) is 0 Å². The zero-order chi connectivity index (χ0) is 7.52. The van der Waals surface area contributed by atoms with Gasteiger partial charge in [-0.2, -0.15) is 0 Å². The molecule has 58 valence electrons. The summed E-state index contributed by atoms with van der Waals surface area (Å²) in [7, 11) is -0.279. The topological polar surface area (TPSA) is 31.6 Å². The Morgan fingerprint density at radius 2 is 2.09 bits per heavy atom. The van der Waals surface area contributed by atoms with Crippen LogP contribution >= 0.6 is 0 Å². The lowest BCUT2D eigenvalue weighted by atomic mass is 9.85. The Morgan fingerprint density at radius 3 is 2.73 bits per heavy atom. The largest absolute Gasteiger partial charge is 0.531 e. The normalized spacial score (nSPS) is 18.7. The zero-order valence-corrected chi connectivity index (χ0v) is 6.16. The molecule has 0 spiro atoms. The average molecular weight is 152 g/mol. The van der Waals surface area contributed by atoms with E-state index in [2.05, 4.69) is 0 Å². The van der Waals surface area contributed by atoms with Gasteiger partial charge < -0.3 is 13.7 Å². The van der Waals surface area contributed by atoms with Crippen LogP contribution in [0.5, 0.6) is 0 Å². The lowest BCUT2D eigenvalue weighted by Crippen LogP contribution is -2.39. The highest BCUT2D eigenvalue weighted by atomic mass is 16.6. The molecule has 4 heteroatoms. The van der Waals surface area contributed by atoms with E-state index in [0.29, 0.717) is 0 Å². The van der Waals surface area contributed by atoms with Gasteiger partial charge in [0.25, 0.3) is 0 Å². The fourth-order valence-electron chi connectivity index (χ4n) is 1.08. The third-order valence-corrected chi connectivity index (χ3v) is 1.60. The van der Waals surface area contributed by atoms with Crippen LogP contribution in [0.25, 0.3) is 0 Å². The second kappa shape index (κ2) is 3.11. The summed E-state index contributed by atoms with van der Waals surface area (Å²) in [6, 6.07) is 3.69. The number of furan rings is 1. The van der Waals surface area contributed by atoms with Crippen molar-refractivity contribution in [3.8, 4) is 0 Å². The minimum absolute atomic E-state index is 0.279. The molecule has 1 aromatic heterocycles. The first kappa shape index (κ1) is 6.94. The minimum Gasteiger partial charge on any atom is -0.473 e. The van der Waals surface area contributed by atoms with Crippen LogP contribution in [0, 0.1) is 0 Å². The van der Waals surface area contributed by atoms with E-state index >= 15 is 0 Å². The van der Waals surface area contributed by atoms with Gasteiger partial charge in [0, 0.05) is 13.2 Å². The second-order valence-electron chi connectivity index (χ2n) is 2.44. The van der Waals surface area contributed by atoms with Crippen LogP contribution in [0.3, 0.4) is 0 Å². The molecule has 1 aromatic rings. The maximum atomic E-state index is 5.31. The zero-order valence-electron chi connectivity index (χ0n) is 6.16. The smallest absolute Gasteiger partial charge is 0.473 e. The highest BCUT2D eigenvalue weighted by molar-refractivity contribution is 6.59. The Kier molecular flexibility index (Phi) is 1.96. The maximum absolute atomic E-state index is 5.31. The van der Waals surface area contributed by atoms with E-state index in [1.807, 2.05) is 12.1 Å². The van der Waals surface area contributed by atoms with Crippen LogP contribution in [0.15, 0.2) is 22.8 Å². The van der Waals surface area contributed by atoms with Gasteiger partial charge in [-0.1, -0.05) is 0 Å². The highest BCUT2D eigenvalue weighted by Crippen LogP contribution is 2.01. The van der Waals surface area contributed by atoms with Gasteiger partial charge in [0.05, 0.1) is 6.26 Å². The van der Waals surface area contributed by atoms with Gasteiger partial charge in [-0.05, 0) is 18.6 Å². The van der Waals surface area contributed by atoms with Crippen LogP contribution < -0.4 is 5.66 Å². The van der Waals surface area contributed by atoms with Crippen molar-refractivity contribution in [1.82, 2.24) is 0 Å². The van der Waals surface area contributed by atoms with Gasteiger partial charge in [-0.3, -0.25) is 0 Å². The summed E-state index contributed by atoms with van der Waals surface area (Å²) in [4.78, 5) is 0. The minimum atomic E-state index is -0.279. The molecule has 3 nitrogen and oxygen atoms in total. The van der Waals surface area contributed by atoms with E-state index in [-0.39, 0.29) is 7.12 Å². The molecule has 0 aliphatic carbocycles. The molecular weight excluding hydrogens is 143 g/mol. The van der Waals surface area contributed by atoms with Crippen LogP contribution in [-0.4, -0.2) is 20.3 Å². The third-order valence-electron chi connectivity index (χ3n) is 1.60. The predicted molar refractivity (Wildman–Crippen MR) is 40.6 cm³/mol. The van der Waals surface area contributed by atoms with Crippen molar-refractivity contribution < 1.29 is 13.7 Å². The van der Waals surface area contributed by atoms with Crippen molar-refractivity contribution >= 4 is 12.8 Å². The molecule has 1 fully saturated rings. The SMILES string of the molecule is c1coc(B2OCCCO2)c1. The Bertz CT molecular complexity index is 203. The Morgan fingerprint density at radius 1 is 1.27 bits per heavy atom. The number of hydrogen-bond acceptors (Lipinski definition) is 3. The van der Waals surface area contributed by atoms with Gasteiger partial charge in [0.2, 0.25) is 0 Å². The van der Waals surface area contributed by atoms with E-state index in [1.54, 1.807) is 6.26 Å². The van der Waals surface area contributed by atoms with E-state index in [1.165, 1.54) is 0 Å². The van der Waals surface area contributed by atoms with Gasteiger partial charge in [0.15, 0.2) is 0 Å². The lowest BCUT2D eigenvalue weighted by Gasteiger charge is -2.17. The standard InChI is InChI=1S/C7H9BO3/c1-3-7(9-4-1)8-10-5-2-6-11-8/h1,3-4H,2,5-6H2. The molecule has 0 bridgehead atoms. The van der Waals surface area contributed by atoms with Gasteiger partial charge in [0.1, 0.15) is 5.66 Å². The molecule has 1 aliphatic rings. The Labute approximate surface area is 65.4 Å². The van der Waals surface area contributed by atoms with E-state index in [4.69, 9.17) is 13.7 Å². The summed E-state index contributed by atoms with van der Waals surface area (Å²) in [5, 5.41) is 0. The molecule has 0 unspecified atom stereocenters.